The number of benzene rings is 1. The predicted octanol–water partition coefficient (Wildman–Crippen LogP) is 2.64. The lowest BCUT2D eigenvalue weighted by Crippen LogP contribution is -2.54. The first kappa shape index (κ1) is 16.3. The molecule has 0 bridgehead atoms. The average Bonchev–Trinajstić information content (AvgIpc) is 3.24. The fourth-order valence-corrected chi connectivity index (χ4v) is 4.19. The molecule has 1 aromatic heterocycles. The van der Waals surface area contributed by atoms with Crippen LogP contribution in [0.25, 0.3) is 5.69 Å². The molecule has 0 atom stereocenters. The van der Waals surface area contributed by atoms with Gasteiger partial charge in [-0.05, 0) is 49.8 Å². The van der Waals surface area contributed by atoms with Crippen LogP contribution in [0, 0.1) is 0 Å². The molecule has 1 heterocycles. The zero-order chi connectivity index (χ0) is 17.3. The average molecular weight is 338 g/mol. The third-order valence-corrected chi connectivity index (χ3v) is 5.63. The number of rotatable bonds is 4. The van der Waals surface area contributed by atoms with E-state index in [9.17, 15) is 4.79 Å². The highest BCUT2D eigenvalue weighted by molar-refractivity contribution is 5.86. The molecule has 5 heteroatoms. The van der Waals surface area contributed by atoms with Gasteiger partial charge in [-0.25, -0.2) is 4.68 Å². The van der Waals surface area contributed by atoms with Crippen LogP contribution in [0.5, 0.6) is 0 Å². The number of nitrogens with two attached hydrogens (primary N) is 1. The SMILES string of the molecule is NC1(C(=O)NCc2nn(-c3ccccc3)c3c2CCC3)CCCCC1. The zero-order valence-electron chi connectivity index (χ0n) is 14.6. The maximum absolute atomic E-state index is 12.6. The van der Waals surface area contributed by atoms with Gasteiger partial charge >= 0.3 is 0 Å². The standard InChI is InChI=1S/C20H26N4O/c21-20(12-5-2-6-13-20)19(25)22-14-17-16-10-7-11-18(16)24(23-17)15-8-3-1-4-9-15/h1,3-4,8-9H,2,5-7,10-14,21H2,(H,22,25). The van der Waals surface area contributed by atoms with Crippen molar-refractivity contribution in [1.82, 2.24) is 15.1 Å². The lowest BCUT2D eigenvalue weighted by atomic mass is 9.82. The molecule has 2 aliphatic rings. The Balaban J connectivity index is 1.53. The minimum absolute atomic E-state index is 0.0202. The van der Waals surface area contributed by atoms with Crippen LogP contribution in [0.4, 0.5) is 0 Å². The van der Waals surface area contributed by atoms with Gasteiger partial charge in [0.05, 0.1) is 23.5 Å². The molecule has 0 aliphatic heterocycles. The van der Waals surface area contributed by atoms with E-state index in [1.54, 1.807) is 0 Å². The number of nitrogens with one attached hydrogen (secondary N) is 1. The molecule has 1 fully saturated rings. The summed E-state index contributed by atoms with van der Waals surface area (Å²) in [4.78, 5) is 12.6. The Hall–Kier alpha value is -2.14. The minimum Gasteiger partial charge on any atom is -0.349 e. The van der Waals surface area contributed by atoms with E-state index in [0.717, 1.165) is 56.3 Å². The number of carbonyl (C=O) groups excluding carboxylic acids is 1. The number of hydrogen-bond donors (Lipinski definition) is 2. The smallest absolute Gasteiger partial charge is 0.240 e. The molecule has 0 unspecified atom stereocenters. The van der Waals surface area contributed by atoms with Gasteiger partial charge in [-0.3, -0.25) is 4.79 Å². The highest BCUT2D eigenvalue weighted by Gasteiger charge is 2.35. The van der Waals surface area contributed by atoms with Crippen molar-refractivity contribution in [1.29, 1.82) is 0 Å². The van der Waals surface area contributed by atoms with Crippen LogP contribution in [-0.2, 0) is 24.2 Å². The topological polar surface area (TPSA) is 72.9 Å². The van der Waals surface area contributed by atoms with Crippen LogP contribution in [-0.4, -0.2) is 21.2 Å². The Morgan fingerprint density at radius 3 is 2.64 bits per heavy atom. The number of hydrogen-bond acceptors (Lipinski definition) is 3. The molecule has 0 saturated heterocycles. The number of amides is 1. The van der Waals surface area contributed by atoms with Crippen LogP contribution < -0.4 is 11.1 Å². The minimum atomic E-state index is -0.691. The quantitative estimate of drug-likeness (QED) is 0.900. The van der Waals surface area contributed by atoms with Crippen LogP contribution in [0.3, 0.4) is 0 Å². The van der Waals surface area contributed by atoms with Gasteiger partial charge in [-0.15, -0.1) is 0 Å². The lowest BCUT2D eigenvalue weighted by Gasteiger charge is -2.31. The first-order valence-electron chi connectivity index (χ1n) is 9.40. The third-order valence-electron chi connectivity index (χ3n) is 5.63. The lowest BCUT2D eigenvalue weighted by molar-refractivity contribution is -0.127. The molecule has 3 N–H and O–H groups in total. The van der Waals surface area contributed by atoms with E-state index in [4.69, 9.17) is 10.8 Å². The number of fused-ring (bicyclic) bond motifs is 1. The van der Waals surface area contributed by atoms with Gasteiger partial charge in [0.2, 0.25) is 5.91 Å². The van der Waals surface area contributed by atoms with E-state index in [0.29, 0.717) is 6.54 Å². The van der Waals surface area contributed by atoms with Gasteiger partial charge < -0.3 is 11.1 Å². The highest BCUT2D eigenvalue weighted by Crippen LogP contribution is 2.29. The monoisotopic (exact) mass is 338 g/mol. The summed E-state index contributed by atoms with van der Waals surface area (Å²) >= 11 is 0. The summed E-state index contributed by atoms with van der Waals surface area (Å²) in [6.07, 6.45) is 8.09. The van der Waals surface area contributed by atoms with Crippen molar-refractivity contribution in [2.45, 2.75) is 63.5 Å². The largest absolute Gasteiger partial charge is 0.349 e. The molecule has 25 heavy (non-hydrogen) atoms. The molecule has 1 amide bonds. The van der Waals surface area contributed by atoms with Crippen molar-refractivity contribution in [3.8, 4) is 5.69 Å². The van der Waals surface area contributed by atoms with Crippen molar-refractivity contribution in [3.05, 3.63) is 47.3 Å². The maximum atomic E-state index is 12.6. The second-order valence-electron chi connectivity index (χ2n) is 7.37. The van der Waals surface area contributed by atoms with Gasteiger partial charge in [0, 0.05) is 5.69 Å². The number of carbonyl (C=O) groups is 1. The van der Waals surface area contributed by atoms with Crippen molar-refractivity contribution < 1.29 is 4.79 Å². The van der Waals surface area contributed by atoms with Gasteiger partial charge in [0.1, 0.15) is 0 Å². The van der Waals surface area contributed by atoms with E-state index in [1.165, 1.54) is 17.7 Å². The Kier molecular flexibility index (Phi) is 4.34. The first-order valence-corrected chi connectivity index (χ1v) is 9.40. The Bertz CT molecular complexity index is 760. The molecular weight excluding hydrogens is 312 g/mol. The van der Waals surface area contributed by atoms with Crippen LogP contribution in [0.1, 0.15) is 55.5 Å². The summed E-state index contributed by atoms with van der Waals surface area (Å²) in [5, 5.41) is 7.87. The summed E-state index contributed by atoms with van der Waals surface area (Å²) in [6.45, 7) is 0.472. The second-order valence-corrected chi connectivity index (χ2v) is 7.37. The van der Waals surface area contributed by atoms with Crippen molar-refractivity contribution >= 4 is 5.91 Å². The van der Waals surface area contributed by atoms with Gasteiger partial charge in [-0.2, -0.15) is 5.10 Å². The van der Waals surface area contributed by atoms with Gasteiger partial charge in [0.25, 0.3) is 0 Å². The Labute approximate surface area is 148 Å². The normalized spacial score (nSPS) is 18.8. The van der Waals surface area contributed by atoms with E-state index >= 15 is 0 Å². The van der Waals surface area contributed by atoms with Crippen molar-refractivity contribution in [2.75, 3.05) is 0 Å². The fraction of sp³-hybridized carbons (Fsp3) is 0.500. The molecular formula is C20H26N4O. The van der Waals surface area contributed by atoms with E-state index < -0.39 is 5.54 Å². The molecule has 0 spiro atoms. The number of aromatic nitrogens is 2. The maximum Gasteiger partial charge on any atom is 0.240 e. The number of para-hydroxylation sites is 1. The summed E-state index contributed by atoms with van der Waals surface area (Å²) in [5.41, 5.74) is 10.3. The molecule has 2 aliphatic carbocycles. The van der Waals surface area contributed by atoms with E-state index in [-0.39, 0.29) is 5.91 Å². The fourth-order valence-electron chi connectivity index (χ4n) is 4.19. The van der Waals surface area contributed by atoms with Crippen LogP contribution in [0.15, 0.2) is 30.3 Å². The molecule has 1 aromatic carbocycles. The number of nitrogens with zero attached hydrogens (tertiary/aromatic N) is 2. The summed E-state index contributed by atoms with van der Waals surface area (Å²) in [6, 6.07) is 10.2. The van der Waals surface area contributed by atoms with E-state index in [2.05, 4.69) is 17.4 Å². The van der Waals surface area contributed by atoms with Crippen molar-refractivity contribution in [2.24, 2.45) is 5.73 Å². The van der Waals surface area contributed by atoms with Crippen LogP contribution >= 0.6 is 0 Å². The molecule has 5 nitrogen and oxygen atoms in total. The molecule has 4 rings (SSSR count). The first-order chi connectivity index (χ1) is 12.2. The zero-order valence-corrected chi connectivity index (χ0v) is 14.6. The molecule has 1 saturated carbocycles. The predicted molar refractivity (Wildman–Crippen MR) is 97.4 cm³/mol. The summed E-state index contributed by atoms with van der Waals surface area (Å²) < 4.78 is 2.04. The summed E-state index contributed by atoms with van der Waals surface area (Å²) in [7, 11) is 0. The van der Waals surface area contributed by atoms with Crippen molar-refractivity contribution in [3.63, 3.8) is 0 Å². The third kappa shape index (κ3) is 3.09. The Morgan fingerprint density at radius 2 is 1.88 bits per heavy atom. The molecule has 0 radical (unpaired) electrons. The summed E-state index contributed by atoms with van der Waals surface area (Å²) in [5.74, 6) is -0.0202. The van der Waals surface area contributed by atoms with Gasteiger partial charge in [-0.1, -0.05) is 37.5 Å². The molecule has 132 valence electrons. The van der Waals surface area contributed by atoms with E-state index in [1.807, 2.05) is 22.9 Å². The van der Waals surface area contributed by atoms with Crippen LogP contribution in [0.2, 0.25) is 0 Å². The van der Waals surface area contributed by atoms with Gasteiger partial charge in [0.15, 0.2) is 0 Å². The molecule has 2 aromatic rings. The Morgan fingerprint density at radius 1 is 1.12 bits per heavy atom. The highest BCUT2D eigenvalue weighted by atomic mass is 16.2. The second kappa shape index (κ2) is 6.64.